The molecule has 0 amide bonds. The van der Waals surface area contributed by atoms with Crippen LogP contribution in [0.3, 0.4) is 0 Å². The molecule has 0 saturated heterocycles. The van der Waals surface area contributed by atoms with E-state index >= 15 is 0 Å². The molecule has 0 fully saturated rings. The molecule has 4 heterocycles. The van der Waals surface area contributed by atoms with E-state index in [0.29, 0.717) is 17.5 Å². The number of furan rings is 2. The third kappa shape index (κ3) is 5.69. The molecule has 0 aliphatic heterocycles. The molecule has 9 aromatic carbocycles. The van der Waals surface area contributed by atoms with Gasteiger partial charge < -0.3 is 13.4 Å². The summed E-state index contributed by atoms with van der Waals surface area (Å²) in [4.78, 5) is 15.6. The molecule has 0 spiro atoms. The van der Waals surface area contributed by atoms with Crippen LogP contribution >= 0.6 is 0 Å². The van der Waals surface area contributed by atoms with Crippen LogP contribution in [0, 0.1) is 0 Å². The van der Waals surface area contributed by atoms with Gasteiger partial charge in [0.25, 0.3) is 0 Å². The summed E-state index contributed by atoms with van der Waals surface area (Å²) in [6.07, 6.45) is 0. The molecule has 4 aromatic heterocycles. The molecule has 13 rings (SSSR count). The minimum Gasteiger partial charge on any atom is -0.456 e. The Kier molecular flexibility index (Phi) is 7.80. The van der Waals surface area contributed by atoms with Crippen LogP contribution in [0.5, 0.6) is 0 Å². The van der Waals surface area contributed by atoms with Gasteiger partial charge in [-0.1, -0.05) is 146 Å². The van der Waals surface area contributed by atoms with Crippen molar-refractivity contribution in [3.8, 4) is 62.1 Å². The minimum atomic E-state index is 0.552. The van der Waals surface area contributed by atoms with Crippen molar-refractivity contribution < 1.29 is 8.83 Å². The van der Waals surface area contributed by atoms with E-state index in [1.165, 1.54) is 16.3 Å². The number of benzene rings is 9. The van der Waals surface area contributed by atoms with Gasteiger partial charge in [-0.2, -0.15) is 0 Å². The molecule has 6 nitrogen and oxygen atoms in total. The summed E-state index contributed by atoms with van der Waals surface area (Å²) in [5.74, 6) is 1.68. The lowest BCUT2D eigenvalue weighted by molar-refractivity contribution is 0.668. The number of fused-ring (bicyclic) bond motifs is 9. The second-order valence-electron chi connectivity index (χ2n) is 15.9. The molecular weight excluding hydrogens is 773 g/mol. The Bertz CT molecular complexity index is 3900. The summed E-state index contributed by atoms with van der Waals surface area (Å²) in [7, 11) is 0. The van der Waals surface area contributed by atoms with E-state index in [1.807, 2.05) is 42.5 Å². The highest BCUT2D eigenvalue weighted by atomic mass is 16.3. The normalized spacial score (nSPS) is 11.8. The number of rotatable bonds is 6. The summed E-state index contributed by atoms with van der Waals surface area (Å²) in [5, 5.41) is 6.46. The first kappa shape index (κ1) is 35.2. The first-order valence-electron chi connectivity index (χ1n) is 21.1. The smallest absolute Gasteiger partial charge is 0.164 e. The molecule has 0 saturated carbocycles. The van der Waals surface area contributed by atoms with Crippen molar-refractivity contribution in [1.29, 1.82) is 0 Å². The molecule has 0 atom stereocenters. The van der Waals surface area contributed by atoms with Crippen molar-refractivity contribution in [2.75, 3.05) is 0 Å². The Balaban J connectivity index is 1.01. The highest BCUT2D eigenvalue weighted by molar-refractivity contribution is 6.18. The number of aromatic nitrogens is 4. The largest absolute Gasteiger partial charge is 0.456 e. The zero-order valence-corrected chi connectivity index (χ0v) is 33.7. The van der Waals surface area contributed by atoms with Crippen LogP contribution in [-0.4, -0.2) is 19.5 Å². The lowest BCUT2D eigenvalue weighted by Crippen LogP contribution is -2.00. The van der Waals surface area contributed by atoms with E-state index in [0.717, 1.165) is 94.0 Å². The van der Waals surface area contributed by atoms with Gasteiger partial charge in [0.15, 0.2) is 17.5 Å². The Labute approximate surface area is 361 Å². The van der Waals surface area contributed by atoms with Crippen molar-refractivity contribution in [3.63, 3.8) is 0 Å². The van der Waals surface area contributed by atoms with Gasteiger partial charge in [0.2, 0.25) is 0 Å². The maximum absolute atomic E-state index is 6.60. The van der Waals surface area contributed by atoms with Gasteiger partial charge in [0.1, 0.15) is 22.3 Å². The number of hydrogen-bond donors (Lipinski definition) is 0. The van der Waals surface area contributed by atoms with E-state index in [9.17, 15) is 0 Å². The molecule has 294 valence electrons. The quantitative estimate of drug-likeness (QED) is 0.167. The fraction of sp³-hybridized carbons (Fsp3) is 0. The Morgan fingerprint density at radius 1 is 0.302 bits per heavy atom. The average molecular weight is 807 g/mol. The molecule has 0 aliphatic rings. The van der Waals surface area contributed by atoms with Gasteiger partial charge in [-0.25, -0.2) is 15.0 Å². The van der Waals surface area contributed by atoms with E-state index in [2.05, 4.69) is 168 Å². The van der Waals surface area contributed by atoms with Crippen LogP contribution in [0.2, 0.25) is 0 Å². The second-order valence-corrected chi connectivity index (χ2v) is 15.9. The van der Waals surface area contributed by atoms with E-state index in [-0.39, 0.29) is 0 Å². The summed E-state index contributed by atoms with van der Waals surface area (Å²) in [6, 6.07) is 71.6. The zero-order chi connectivity index (χ0) is 41.4. The highest BCUT2D eigenvalue weighted by Gasteiger charge is 2.21. The first-order chi connectivity index (χ1) is 31.2. The van der Waals surface area contributed by atoms with Crippen LogP contribution in [0.1, 0.15) is 0 Å². The predicted molar refractivity (Wildman–Crippen MR) is 256 cm³/mol. The summed E-state index contributed by atoms with van der Waals surface area (Å²) in [6.45, 7) is 0. The zero-order valence-electron chi connectivity index (χ0n) is 33.7. The second kappa shape index (κ2) is 14.0. The van der Waals surface area contributed by atoms with Crippen molar-refractivity contribution in [3.05, 3.63) is 206 Å². The maximum atomic E-state index is 6.60. The molecular formula is C57H34N4O2. The van der Waals surface area contributed by atoms with Crippen molar-refractivity contribution >= 4 is 65.7 Å². The van der Waals surface area contributed by atoms with E-state index < -0.39 is 0 Å². The average Bonchev–Trinajstić information content (AvgIpc) is 4.03. The highest BCUT2D eigenvalue weighted by Crippen LogP contribution is 2.42. The Morgan fingerprint density at radius 2 is 0.873 bits per heavy atom. The molecule has 0 unspecified atom stereocenters. The van der Waals surface area contributed by atoms with E-state index in [4.69, 9.17) is 23.8 Å². The Hall–Kier alpha value is -8.61. The number of para-hydroxylation sites is 3. The maximum Gasteiger partial charge on any atom is 0.164 e. The van der Waals surface area contributed by atoms with E-state index in [1.54, 1.807) is 0 Å². The summed E-state index contributed by atoms with van der Waals surface area (Å²) < 4.78 is 15.3. The monoisotopic (exact) mass is 806 g/mol. The Morgan fingerprint density at radius 3 is 1.73 bits per heavy atom. The lowest BCUT2D eigenvalue weighted by Gasteiger charge is -2.10. The van der Waals surface area contributed by atoms with Gasteiger partial charge in [-0.15, -0.1) is 0 Å². The third-order valence-corrected chi connectivity index (χ3v) is 12.3. The van der Waals surface area contributed by atoms with Gasteiger partial charge in [-0.3, -0.25) is 0 Å². The summed E-state index contributed by atoms with van der Waals surface area (Å²) >= 11 is 0. The third-order valence-electron chi connectivity index (χ3n) is 12.3. The number of hydrogen-bond acceptors (Lipinski definition) is 5. The van der Waals surface area contributed by atoms with Gasteiger partial charge in [0.05, 0.1) is 11.0 Å². The molecule has 0 aliphatic carbocycles. The van der Waals surface area contributed by atoms with Crippen LogP contribution in [0.4, 0.5) is 0 Å². The van der Waals surface area contributed by atoms with Crippen LogP contribution in [0.25, 0.3) is 128 Å². The molecule has 63 heavy (non-hydrogen) atoms. The molecule has 0 N–H and O–H groups in total. The number of nitrogens with zero attached hydrogens (tertiary/aromatic N) is 4. The van der Waals surface area contributed by atoms with Crippen LogP contribution in [-0.2, 0) is 0 Å². The predicted octanol–water partition coefficient (Wildman–Crippen LogP) is 15.1. The fourth-order valence-corrected chi connectivity index (χ4v) is 9.36. The van der Waals surface area contributed by atoms with Crippen molar-refractivity contribution in [2.45, 2.75) is 0 Å². The van der Waals surface area contributed by atoms with Crippen LogP contribution in [0.15, 0.2) is 215 Å². The lowest BCUT2D eigenvalue weighted by atomic mass is 9.97. The molecule has 13 aromatic rings. The first-order valence-corrected chi connectivity index (χ1v) is 21.1. The standard InChI is InChI=1S/C57H34N4O2/c1-3-13-35(14-4-1)36-25-27-37(28-26-36)55-58-56(39-29-31-43-42-17-8-10-23-49(42)63-52(43)34-39)60-57(59-55)45-20-12-24-51-54(45)46-33-38(30-32-50(46)62-51)41-19-11-22-48-53(41)44-18-7-9-21-47(44)61(48)40-15-5-2-6-16-40/h1-34H. The minimum absolute atomic E-state index is 0.552. The van der Waals surface area contributed by atoms with Crippen molar-refractivity contribution in [1.82, 2.24) is 19.5 Å². The van der Waals surface area contributed by atoms with Crippen molar-refractivity contribution in [2.24, 2.45) is 0 Å². The van der Waals surface area contributed by atoms with Crippen LogP contribution < -0.4 is 0 Å². The SMILES string of the molecule is c1ccc(-c2ccc(-c3nc(-c4ccc5c(c4)oc4ccccc45)nc(-c4cccc5oc6ccc(-c7cccc8c7c7ccccc7n8-c7ccccc7)cc6c45)n3)cc2)cc1. The topological polar surface area (TPSA) is 69.9 Å². The molecule has 0 bridgehead atoms. The van der Waals surface area contributed by atoms with Gasteiger partial charge >= 0.3 is 0 Å². The fourth-order valence-electron chi connectivity index (χ4n) is 9.36. The summed E-state index contributed by atoms with van der Waals surface area (Å²) in [5.41, 5.74) is 13.7. The molecule has 0 radical (unpaired) electrons. The van der Waals surface area contributed by atoms with Gasteiger partial charge in [0, 0.05) is 54.7 Å². The van der Waals surface area contributed by atoms with Gasteiger partial charge in [-0.05, 0) is 82.9 Å². The molecule has 6 heteroatoms.